The number of hydrogen-bond acceptors (Lipinski definition) is 4. The lowest BCUT2D eigenvalue weighted by Crippen LogP contribution is -2.48. The van der Waals surface area contributed by atoms with Gasteiger partial charge in [-0.25, -0.2) is 0 Å². The van der Waals surface area contributed by atoms with Gasteiger partial charge in [-0.3, -0.25) is 14.5 Å². The van der Waals surface area contributed by atoms with Crippen LogP contribution in [0.25, 0.3) is 5.57 Å². The van der Waals surface area contributed by atoms with Gasteiger partial charge in [0.15, 0.2) is 0 Å². The molecule has 0 saturated carbocycles. The average molecular weight is 404 g/mol. The first-order valence-electron chi connectivity index (χ1n) is 10.6. The normalized spacial score (nSPS) is 17.6. The number of imide groups is 1. The van der Waals surface area contributed by atoms with Crippen LogP contribution in [0.15, 0.2) is 54.2 Å². The number of hydrogen-bond donors (Lipinski definition) is 0. The van der Waals surface area contributed by atoms with E-state index < -0.39 is 0 Å². The smallest absolute Gasteiger partial charge is 0.278 e. The Labute approximate surface area is 178 Å². The minimum absolute atomic E-state index is 0.168. The molecular formula is C25H29N3O2. The van der Waals surface area contributed by atoms with Crippen LogP contribution < -0.4 is 4.90 Å². The van der Waals surface area contributed by atoms with E-state index in [0.29, 0.717) is 24.4 Å². The molecule has 0 aliphatic carbocycles. The quantitative estimate of drug-likeness (QED) is 0.732. The highest BCUT2D eigenvalue weighted by atomic mass is 16.2. The summed E-state index contributed by atoms with van der Waals surface area (Å²) in [5.74, 6) is -0.347. The van der Waals surface area contributed by atoms with Gasteiger partial charge in [-0.2, -0.15) is 0 Å². The zero-order valence-corrected chi connectivity index (χ0v) is 18.2. The summed E-state index contributed by atoms with van der Waals surface area (Å²) >= 11 is 0. The van der Waals surface area contributed by atoms with Crippen LogP contribution >= 0.6 is 0 Å². The van der Waals surface area contributed by atoms with Crippen LogP contribution in [0.1, 0.15) is 30.5 Å². The number of amides is 2. The van der Waals surface area contributed by atoms with Crippen molar-refractivity contribution >= 4 is 23.1 Å². The summed E-state index contributed by atoms with van der Waals surface area (Å²) in [5, 5.41) is 0. The van der Waals surface area contributed by atoms with Crippen LogP contribution in [-0.2, 0) is 9.59 Å². The number of piperazine rings is 1. The predicted molar refractivity (Wildman–Crippen MR) is 120 cm³/mol. The van der Waals surface area contributed by atoms with Gasteiger partial charge in [0.05, 0.1) is 5.57 Å². The van der Waals surface area contributed by atoms with Gasteiger partial charge in [0.2, 0.25) is 0 Å². The van der Waals surface area contributed by atoms with Crippen LogP contribution in [0.3, 0.4) is 0 Å². The zero-order chi connectivity index (χ0) is 21.4. The predicted octanol–water partition coefficient (Wildman–Crippen LogP) is 3.61. The van der Waals surface area contributed by atoms with Crippen molar-refractivity contribution in [3.8, 4) is 0 Å². The molecule has 0 bridgehead atoms. The summed E-state index contributed by atoms with van der Waals surface area (Å²) in [6.45, 7) is 10.9. The van der Waals surface area contributed by atoms with Gasteiger partial charge in [-0.15, -0.1) is 0 Å². The summed E-state index contributed by atoms with van der Waals surface area (Å²) in [6, 6.07) is 16.2. The Morgan fingerprint density at radius 3 is 2.03 bits per heavy atom. The fourth-order valence-electron chi connectivity index (χ4n) is 4.46. The molecule has 2 aromatic carbocycles. The number of para-hydroxylation sites is 1. The molecule has 0 N–H and O–H groups in total. The lowest BCUT2D eigenvalue weighted by atomic mass is 9.97. The van der Waals surface area contributed by atoms with Crippen molar-refractivity contribution in [3.05, 3.63) is 70.9 Å². The van der Waals surface area contributed by atoms with Gasteiger partial charge in [-0.1, -0.05) is 42.0 Å². The first-order chi connectivity index (χ1) is 14.4. The van der Waals surface area contributed by atoms with Gasteiger partial charge in [0.25, 0.3) is 11.8 Å². The molecule has 1 fully saturated rings. The second kappa shape index (κ2) is 7.98. The van der Waals surface area contributed by atoms with E-state index in [-0.39, 0.29) is 17.9 Å². The lowest BCUT2D eigenvalue weighted by Gasteiger charge is -2.37. The summed E-state index contributed by atoms with van der Waals surface area (Å²) < 4.78 is 0. The molecule has 2 aliphatic rings. The minimum Gasteiger partial charge on any atom is -0.368 e. The second-order valence-corrected chi connectivity index (χ2v) is 8.43. The van der Waals surface area contributed by atoms with E-state index in [0.717, 1.165) is 29.8 Å². The van der Waals surface area contributed by atoms with E-state index in [1.54, 1.807) is 0 Å². The van der Waals surface area contributed by atoms with Gasteiger partial charge >= 0.3 is 0 Å². The number of anilines is 1. The molecule has 2 heterocycles. The number of benzene rings is 2. The first-order valence-corrected chi connectivity index (χ1v) is 10.6. The van der Waals surface area contributed by atoms with Crippen LogP contribution in [0.4, 0.5) is 5.69 Å². The Balaban J connectivity index is 1.69. The maximum atomic E-state index is 13.4. The average Bonchev–Trinajstić information content (AvgIpc) is 2.99. The highest BCUT2D eigenvalue weighted by molar-refractivity contribution is 6.35. The van der Waals surface area contributed by atoms with Crippen LogP contribution in [0.5, 0.6) is 0 Å². The fraction of sp³-hybridized carbons (Fsp3) is 0.360. The largest absolute Gasteiger partial charge is 0.368 e. The fourth-order valence-corrected chi connectivity index (χ4v) is 4.46. The van der Waals surface area contributed by atoms with Gasteiger partial charge in [-0.05, 0) is 51.0 Å². The van der Waals surface area contributed by atoms with Crippen molar-refractivity contribution in [2.75, 3.05) is 31.1 Å². The Hall–Kier alpha value is -3.08. The van der Waals surface area contributed by atoms with Crippen molar-refractivity contribution in [3.63, 3.8) is 0 Å². The zero-order valence-electron chi connectivity index (χ0n) is 18.2. The molecule has 0 atom stereocenters. The van der Waals surface area contributed by atoms with Crippen molar-refractivity contribution in [2.45, 2.75) is 33.7 Å². The topological polar surface area (TPSA) is 43.9 Å². The van der Waals surface area contributed by atoms with Crippen molar-refractivity contribution in [1.82, 2.24) is 9.80 Å². The number of rotatable bonds is 4. The Kier molecular flexibility index (Phi) is 5.37. The maximum Gasteiger partial charge on any atom is 0.278 e. The number of carbonyl (C=O) groups excluding carboxylic acids is 2. The van der Waals surface area contributed by atoms with E-state index in [2.05, 4.69) is 28.0 Å². The number of carbonyl (C=O) groups is 2. The van der Waals surface area contributed by atoms with Gasteiger partial charge in [0.1, 0.15) is 5.70 Å². The van der Waals surface area contributed by atoms with E-state index in [4.69, 9.17) is 0 Å². The molecular weight excluding hydrogens is 374 g/mol. The molecule has 2 aromatic rings. The highest BCUT2D eigenvalue weighted by Crippen LogP contribution is 2.35. The first kappa shape index (κ1) is 20.2. The molecule has 5 nitrogen and oxygen atoms in total. The Bertz CT molecular complexity index is 1000. The molecule has 2 aliphatic heterocycles. The summed E-state index contributed by atoms with van der Waals surface area (Å²) in [5.41, 5.74) is 5.35. The van der Waals surface area contributed by atoms with Crippen molar-refractivity contribution in [2.24, 2.45) is 0 Å². The monoisotopic (exact) mass is 403 g/mol. The molecule has 0 radical (unpaired) electrons. The Morgan fingerprint density at radius 2 is 1.43 bits per heavy atom. The van der Waals surface area contributed by atoms with E-state index in [1.807, 2.05) is 58.0 Å². The van der Waals surface area contributed by atoms with Crippen molar-refractivity contribution < 1.29 is 9.59 Å². The second-order valence-electron chi connectivity index (χ2n) is 8.43. The molecule has 1 saturated heterocycles. The standard InChI is InChI=1S/C25H29N3O2/c1-17(2)28-24(29)22(21-11-10-18(3)16-19(21)4)23(25(28)30)27-14-12-26(13-15-27)20-8-6-5-7-9-20/h5-11,16-17H,12-15H2,1-4H3. The summed E-state index contributed by atoms with van der Waals surface area (Å²) in [7, 11) is 0. The highest BCUT2D eigenvalue weighted by Gasteiger charge is 2.43. The SMILES string of the molecule is Cc1ccc(C2=C(N3CCN(c4ccccc4)CC3)C(=O)N(C(C)C)C2=O)c(C)c1. The van der Waals surface area contributed by atoms with E-state index >= 15 is 0 Å². The third kappa shape index (κ3) is 3.49. The summed E-state index contributed by atoms with van der Waals surface area (Å²) in [4.78, 5) is 32.6. The number of aryl methyl sites for hydroxylation is 2. The van der Waals surface area contributed by atoms with E-state index in [9.17, 15) is 9.59 Å². The minimum atomic E-state index is -0.178. The molecule has 0 spiro atoms. The molecule has 156 valence electrons. The number of nitrogens with zero attached hydrogens (tertiary/aromatic N) is 3. The molecule has 0 unspecified atom stereocenters. The molecule has 0 aromatic heterocycles. The third-order valence-corrected chi connectivity index (χ3v) is 5.98. The van der Waals surface area contributed by atoms with Crippen LogP contribution in [0.2, 0.25) is 0 Å². The lowest BCUT2D eigenvalue weighted by molar-refractivity contribution is -0.139. The maximum absolute atomic E-state index is 13.4. The molecule has 2 amide bonds. The van der Waals surface area contributed by atoms with E-state index in [1.165, 1.54) is 10.6 Å². The van der Waals surface area contributed by atoms with Crippen LogP contribution in [0, 0.1) is 13.8 Å². The summed E-state index contributed by atoms with van der Waals surface area (Å²) in [6.07, 6.45) is 0. The Morgan fingerprint density at radius 1 is 0.800 bits per heavy atom. The van der Waals surface area contributed by atoms with Crippen molar-refractivity contribution in [1.29, 1.82) is 0 Å². The molecule has 5 heteroatoms. The third-order valence-electron chi connectivity index (χ3n) is 5.98. The molecule has 4 rings (SSSR count). The van der Waals surface area contributed by atoms with Gasteiger partial charge < -0.3 is 9.80 Å². The van der Waals surface area contributed by atoms with Crippen LogP contribution in [-0.4, -0.2) is 53.8 Å². The molecule has 30 heavy (non-hydrogen) atoms. The van der Waals surface area contributed by atoms with Gasteiger partial charge in [0, 0.05) is 37.9 Å².